The number of methoxy groups -OCH3 is 2. The largest absolute Gasteiger partial charge is 0.453 e. The van der Waals surface area contributed by atoms with Crippen LogP contribution in [0.2, 0.25) is 0 Å². The molecule has 5 rings (SSSR count). The molecule has 2 aliphatic rings. The molecule has 7 N–H and O–H groups in total. The minimum Gasteiger partial charge on any atom is -0.453 e. The van der Waals surface area contributed by atoms with Gasteiger partial charge >= 0.3 is 37.1 Å². The van der Waals surface area contributed by atoms with E-state index in [4.69, 9.17) is 5.73 Å². The van der Waals surface area contributed by atoms with E-state index in [1.165, 1.54) is 24.3 Å². The summed E-state index contributed by atoms with van der Waals surface area (Å²) in [6.07, 6.45) is -11.6. The molecule has 0 aliphatic carbocycles. The summed E-state index contributed by atoms with van der Waals surface area (Å²) in [7, 11) is 5.00. The highest BCUT2D eigenvalue weighted by molar-refractivity contribution is 6.09. The lowest BCUT2D eigenvalue weighted by Gasteiger charge is -2.42. The zero-order chi connectivity index (χ0) is 61.2. The van der Waals surface area contributed by atoms with Crippen molar-refractivity contribution in [3.8, 4) is 11.8 Å². The first kappa shape index (κ1) is 64.9. The van der Waals surface area contributed by atoms with E-state index >= 15 is 8.78 Å². The topological polar surface area (TPSA) is 236 Å². The number of carbonyl (C=O) groups excluding carboxylic acids is 5. The van der Waals surface area contributed by atoms with Crippen molar-refractivity contribution in [2.45, 2.75) is 109 Å². The molecular formula is C53H63F10N11O8. The third kappa shape index (κ3) is 16.0. The number of benzene rings is 2. The molecule has 2 aromatic carbocycles. The molecule has 0 radical (unpaired) electrons. The molecule has 19 nitrogen and oxygen atoms in total. The number of nitrogens with zero attached hydrogens (tertiary/aromatic N) is 6. The zero-order valence-corrected chi connectivity index (χ0v) is 45.7. The molecule has 2 aliphatic heterocycles. The number of hydrogen-bond donors (Lipinski definition) is 6. The maximum absolute atomic E-state index is 16.0. The quantitative estimate of drug-likeness (QED) is 0.0258. The number of nitrogens with two attached hydrogens (primary N) is 1. The van der Waals surface area contributed by atoms with E-state index in [1.807, 2.05) is 15.6 Å². The number of pyridine rings is 1. The molecule has 3 heterocycles. The molecule has 2 fully saturated rings. The van der Waals surface area contributed by atoms with Crippen LogP contribution in [-0.4, -0.2) is 164 Å². The van der Waals surface area contributed by atoms with Crippen molar-refractivity contribution in [3.05, 3.63) is 100 Å². The van der Waals surface area contributed by atoms with Gasteiger partial charge in [-0.1, -0.05) is 24.0 Å². The smallest absolute Gasteiger partial charge is 0.407 e. The summed E-state index contributed by atoms with van der Waals surface area (Å²) in [5.74, 6) is 0.433. The number of piperazine rings is 1. The molecule has 0 spiro atoms. The Bertz CT molecular complexity index is 2860. The Hall–Kier alpha value is -7.87. The maximum Gasteiger partial charge on any atom is 0.407 e. The van der Waals surface area contributed by atoms with Gasteiger partial charge in [-0.3, -0.25) is 15.0 Å². The van der Waals surface area contributed by atoms with Crippen LogP contribution >= 0.6 is 0 Å². The third-order valence-electron chi connectivity index (χ3n) is 14.0. The maximum atomic E-state index is 16.0. The Balaban J connectivity index is 1.51. The first-order valence-corrected chi connectivity index (χ1v) is 25.1. The molecule has 6 amide bonds. The number of nitrogens with one attached hydrogen (secondary N) is 4. The first-order valence-electron chi connectivity index (χ1n) is 25.1. The normalized spacial score (nSPS) is 17.4. The number of hydrazine groups is 1. The molecule has 0 saturated carbocycles. The van der Waals surface area contributed by atoms with Gasteiger partial charge < -0.3 is 51.0 Å². The fraction of sp³-hybridized carbons (Fsp3) is 0.491. The number of halogens is 10. The summed E-state index contributed by atoms with van der Waals surface area (Å²) in [6, 6.07) is 3.86. The minimum absolute atomic E-state index is 0.0322. The summed E-state index contributed by atoms with van der Waals surface area (Å²) in [4.78, 5) is 78.7. The lowest BCUT2D eigenvalue weighted by atomic mass is 9.82. The fourth-order valence-electron chi connectivity index (χ4n) is 8.97. The minimum atomic E-state index is -5.25. The molecule has 2 saturated heterocycles. The lowest BCUT2D eigenvalue weighted by molar-refractivity contribution is -0.221. The number of alkyl halides is 8. The van der Waals surface area contributed by atoms with E-state index in [-0.39, 0.29) is 23.7 Å². The summed E-state index contributed by atoms with van der Waals surface area (Å²) >= 11 is 0. The number of allylic oxidation sites excluding steroid dienone is 1. The van der Waals surface area contributed by atoms with E-state index in [2.05, 4.69) is 41.5 Å². The zero-order valence-electron chi connectivity index (χ0n) is 45.7. The van der Waals surface area contributed by atoms with E-state index in [0.717, 1.165) is 27.1 Å². The van der Waals surface area contributed by atoms with Gasteiger partial charge in [-0.25, -0.2) is 38.1 Å². The van der Waals surface area contributed by atoms with Crippen LogP contribution in [0.5, 0.6) is 0 Å². The molecule has 1 aromatic heterocycles. The van der Waals surface area contributed by atoms with Crippen molar-refractivity contribution < 1.29 is 82.5 Å². The van der Waals surface area contributed by atoms with E-state index < -0.39 is 126 Å². The third-order valence-corrected chi connectivity index (χ3v) is 14.0. The lowest BCUT2D eigenvalue weighted by Crippen LogP contribution is -2.63. The molecule has 2 bridgehead atoms. The Morgan fingerprint density at radius 1 is 0.817 bits per heavy atom. The van der Waals surface area contributed by atoms with Gasteiger partial charge in [0.05, 0.1) is 49.3 Å². The van der Waals surface area contributed by atoms with Crippen molar-refractivity contribution >= 4 is 47.6 Å². The second kappa shape index (κ2) is 26.8. The van der Waals surface area contributed by atoms with Crippen LogP contribution < -0.4 is 32.0 Å². The number of hydrogen-bond acceptors (Lipinski definition) is 13. The Morgan fingerprint density at radius 3 is 1.79 bits per heavy atom. The predicted octanol–water partition coefficient (Wildman–Crippen LogP) is 6.24. The molecule has 82 heavy (non-hydrogen) atoms. The second-order valence-corrected chi connectivity index (χ2v) is 20.6. The molecule has 3 aromatic rings. The van der Waals surface area contributed by atoms with Crippen molar-refractivity contribution in [2.75, 3.05) is 52.8 Å². The summed E-state index contributed by atoms with van der Waals surface area (Å²) < 4.78 is 154. The summed E-state index contributed by atoms with van der Waals surface area (Å²) in [6.45, 7) is -2.19. The van der Waals surface area contributed by atoms with Gasteiger partial charge in [0.25, 0.3) is 5.91 Å². The number of amides is 6. The number of anilines is 1. The fourth-order valence-corrected chi connectivity index (χ4v) is 8.97. The number of alkyl carbamates (subject to hydrolysis) is 2. The standard InChI is InChI=1S/C53H63F10N11O8/c1-50(2,52(58,59)60)42(68-47(78)81-7)44(76)67-39(19-30-12-9-29(10-13-30)11-14-31-15-18-41(65-23-31)72-25-34-16-17-35(26-72)74(34)49(80)71(5)6)40(75)28-73(70-45(77)43(69-48(79)82-8)51(3,4)53(61,62)63)27-36-37(54)20-32(21-38(36)55)33(22-64)24-66-46(56)57/h9-10,12-13,15,18,20-24,34-35,39-40,42-43,46,75H,16-17,19,25-28,64H2,1-8H3,(H,67,76)(H,68,78)(H,69,79)(H,70,77)/b33-22+,66-24+/t34?,35?,39-,40-,42+,43+/m0/s1. The first-order chi connectivity index (χ1) is 38.2. The van der Waals surface area contributed by atoms with Gasteiger partial charge in [0.15, 0.2) is 0 Å². The monoisotopic (exact) mass is 1170 g/mol. The van der Waals surface area contributed by atoms with Crippen molar-refractivity contribution in [2.24, 2.45) is 21.6 Å². The number of fused-ring (bicyclic) bond motifs is 2. The number of carbonyl (C=O) groups is 5. The highest BCUT2D eigenvalue weighted by atomic mass is 19.4. The molecule has 2 unspecified atom stereocenters. The molecule has 448 valence electrons. The van der Waals surface area contributed by atoms with Crippen LogP contribution in [0.3, 0.4) is 0 Å². The summed E-state index contributed by atoms with van der Waals surface area (Å²) in [5, 5.41) is 18.4. The van der Waals surface area contributed by atoms with Gasteiger partial charge in [0.2, 0.25) is 5.91 Å². The van der Waals surface area contributed by atoms with Gasteiger partial charge in [-0.2, -0.15) is 35.1 Å². The highest BCUT2D eigenvalue weighted by Crippen LogP contribution is 2.42. The number of ether oxygens (including phenoxy) is 2. The molecular weight excluding hydrogens is 1110 g/mol. The van der Waals surface area contributed by atoms with Gasteiger partial charge in [-0.05, 0) is 94.5 Å². The molecule has 6 atom stereocenters. The van der Waals surface area contributed by atoms with Crippen LogP contribution in [0.15, 0.2) is 65.9 Å². The summed E-state index contributed by atoms with van der Waals surface area (Å²) in [5.41, 5.74) is 0.657. The van der Waals surface area contributed by atoms with Crippen LogP contribution in [0.1, 0.15) is 68.4 Å². The average molecular weight is 1170 g/mol. The highest BCUT2D eigenvalue weighted by Gasteiger charge is 2.57. The SMILES string of the molecule is COC(=O)N[C@H](C(=O)N[C@@H](Cc1ccc(C#Cc2ccc(N3CC4CCC(C3)N4C(=O)N(C)C)nc2)cc1)[C@@H](O)CN(Cc1c(F)cc(C(=C/N)/C=N/C(F)F)cc1F)NC(=O)[C@@H](NC(=O)OC)C(C)(C)C(F)(F)F)C(C)(C)C(F)(F)F. The Morgan fingerprint density at radius 2 is 1.33 bits per heavy atom. The van der Waals surface area contributed by atoms with Crippen LogP contribution in [0.4, 0.5) is 64.1 Å². The molecule has 29 heteroatoms. The van der Waals surface area contributed by atoms with E-state index in [9.17, 15) is 64.2 Å². The van der Waals surface area contributed by atoms with Gasteiger partial charge in [-0.15, -0.1) is 0 Å². The average Bonchev–Trinajstić information content (AvgIpc) is 3.89. The Kier molecular flexibility index (Phi) is 21.2. The van der Waals surface area contributed by atoms with Crippen molar-refractivity contribution in [3.63, 3.8) is 0 Å². The number of aliphatic imine (C=N–C) groups is 1. The van der Waals surface area contributed by atoms with Crippen molar-refractivity contribution in [1.29, 1.82) is 0 Å². The van der Waals surface area contributed by atoms with E-state index in [1.54, 1.807) is 42.6 Å². The van der Waals surface area contributed by atoms with Gasteiger partial charge in [0, 0.05) is 81.1 Å². The Labute approximate surface area is 465 Å². The number of urea groups is 1. The van der Waals surface area contributed by atoms with Crippen LogP contribution in [0, 0.1) is 34.3 Å². The predicted molar refractivity (Wildman–Crippen MR) is 278 cm³/mol. The van der Waals surface area contributed by atoms with Gasteiger partial charge in [0.1, 0.15) is 29.5 Å². The van der Waals surface area contributed by atoms with Crippen molar-refractivity contribution in [1.82, 2.24) is 41.2 Å². The number of aliphatic hydroxyl groups is 1. The second-order valence-electron chi connectivity index (χ2n) is 20.6. The number of rotatable bonds is 19. The number of aliphatic hydroxyl groups excluding tert-OH is 1. The number of aromatic nitrogens is 1. The van der Waals surface area contributed by atoms with Crippen LogP contribution in [0.25, 0.3) is 5.57 Å². The van der Waals surface area contributed by atoms with E-state index in [0.29, 0.717) is 87.3 Å². The van der Waals surface area contributed by atoms with Crippen LogP contribution in [-0.2, 0) is 32.0 Å².